The van der Waals surface area contributed by atoms with Crippen LogP contribution in [0.25, 0.3) is 0 Å². The van der Waals surface area contributed by atoms with E-state index in [4.69, 9.17) is 10.5 Å². The quantitative estimate of drug-likeness (QED) is 0.575. The Hall–Kier alpha value is -0.120. The minimum Gasteiger partial charge on any atom is -0.376 e. The van der Waals surface area contributed by atoms with Crippen LogP contribution in [0.4, 0.5) is 0 Å². The van der Waals surface area contributed by atoms with E-state index in [1.807, 2.05) is 0 Å². The van der Waals surface area contributed by atoms with Crippen molar-refractivity contribution < 1.29 is 4.74 Å². The first-order chi connectivity index (χ1) is 5.20. The summed E-state index contributed by atoms with van der Waals surface area (Å²) in [6.07, 6.45) is 2.54. The summed E-state index contributed by atoms with van der Waals surface area (Å²) in [4.78, 5) is 2.16. The highest BCUT2D eigenvalue weighted by Crippen LogP contribution is 2.22. The van der Waals surface area contributed by atoms with Crippen molar-refractivity contribution in [2.75, 3.05) is 27.2 Å². The van der Waals surface area contributed by atoms with Crippen molar-refractivity contribution >= 4 is 0 Å². The van der Waals surface area contributed by atoms with Gasteiger partial charge in [0, 0.05) is 12.6 Å². The number of rotatable bonds is 5. The molecule has 0 aromatic rings. The van der Waals surface area contributed by atoms with Crippen LogP contribution in [0.15, 0.2) is 0 Å². The van der Waals surface area contributed by atoms with Crippen molar-refractivity contribution in [1.29, 1.82) is 0 Å². The molecule has 0 aromatic heterocycles. The second-order valence-electron chi connectivity index (χ2n) is 3.47. The largest absolute Gasteiger partial charge is 0.376 e. The molecule has 0 amide bonds. The predicted molar refractivity (Wildman–Crippen MR) is 45.5 cm³/mol. The summed E-state index contributed by atoms with van der Waals surface area (Å²) in [6.45, 7) is 1.96. The normalized spacial score (nSPS) is 29.5. The van der Waals surface area contributed by atoms with E-state index in [2.05, 4.69) is 19.0 Å². The first kappa shape index (κ1) is 8.97. The molecule has 11 heavy (non-hydrogen) atoms. The summed E-state index contributed by atoms with van der Waals surface area (Å²) in [5, 5.41) is 0. The summed E-state index contributed by atoms with van der Waals surface area (Å²) in [5.74, 6) is 0. The highest BCUT2D eigenvalue weighted by molar-refractivity contribution is 4.91. The number of hydrogen-bond donors (Lipinski definition) is 1. The lowest BCUT2D eigenvalue weighted by Crippen LogP contribution is -2.16. The number of ether oxygens (including phenoxy) is 1. The van der Waals surface area contributed by atoms with Gasteiger partial charge in [-0.05, 0) is 33.5 Å². The van der Waals surface area contributed by atoms with Gasteiger partial charge in [0.15, 0.2) is 0 Å². The fraction of sp³-hybridized carbons (Fsp3) is 1.00. The fourth-order valence-electron chi connectivity index (χ4n) is 0.997. The van der Waals surface area contributed by atoms with Crippen molar-refractivity contribution in [3.63, 3.8) is 0 Å². The van der Waals surface area contributed by atoms with E-state index < -0.39 is 0 Å². The molecule has 3 nitrogen and oxygen atoms in total. The highest BCUT2D eigenvalue weighted by Gasteiger charge is 2.34. The smallest absolute Gasteiger partial charge is 0.0742 e. The molecule has 66 valence electrons. The third-order valence-corrected chi connectivity index (χ3v) is 1.86. The van der Waals surface area contributed by atoms with Crippen LogP contribution >= 0.6 is 0 Å². The van der Waals surface area contributed by atoms with Crippen molar-refractivity contribution in [3.8, 4) is 0 Å². The van der Waals surface area contributed by atoms with Crippen molar-refractivity contribution in [2.45, 2.75) is 25.0 Å². The molecule has 1 rings (SSSR count). The maximum absolute atomic E-state index is 5.57. The van der Waals surface area contributed by atoms with Gasteiger partial charge in [0.05, 0.1) is 6.10 Å². The zero-order valence-electron chi connectivity index (χ0n) is 7.42. The Balaban J connectivity index is 1.81. The van der Waals surface area contributed by atoms with Gasteiger partial charge in [0.1, 0.15) is 0 Å². The van der Waals surface area contributed by atoms with E-state index in [1.165, 1.54) is 0 Å². The molecule has 1 aliphatic rings. The fourth-order valence-corrected chi connectivity index (χ4v) is 0.997. The lowest BCUT2D eigenvalue weighted by Gasteiger charge is -2.08. The summed E-state index contributed by atoms with van der Waals surface area (Å²) in [6, 6.07) is 0.328. The van der Waals surface area contributed by atoms with Gasteiger partial charge in [-0.25, -0.2) is 0 Å². The van der Waals surface area contributed by atoms with Gasteiger partial charge < -0.3 is 15.4 Å². The molecule has 1 saturated carbocycles. The van der Waals surface area contributed by atoms with Crippen LogP contribution in [0.1, 0.15) is 12.8 Å². The van der Waals surface area contributed by atoms with Gasteiger partial charge in [-0.1, -0.05) is 0 Å². The number of nitrogens with two attached hydrogens (primary N) is 1. The molecule has 0 bridgehead atoms. The number of nitrogens with zero attached hydrogens (tertiary/aromatic N) is 1. The van der Waals surface area contributed by atoms with Crippen LogP contribution in [-0.2, 0) is 4.74 Å². The molecule has 2 atom stereocenters. The van der Waals surface area contributed by atoms with Gasteiger partial charge in [0.25, 0.3) is 0 Å². The van der Waals surface area contributed by atoms with Crippen molar-refractivity contribution in [2.24, 2.45) is 5.73 Å². The molecule has 2 unspecified atom stereocenters. The first-order valence-electron chi connectivity index (χ1n) is 4.22. The molecule has 1 fully saturated rings. The standard InChI is InChI=1S/C8H18N2O/c1-10(2)4-3-5-11-8-6-7(8)9/h7-8H,3-6,9H2,1-2H3. The van der Waals surface area contributed by atoms with Crippen molar-refractivity contribution in [1.82, 2.24) is 4.90 Å². The summed E-state index contributed by atoms with van der Waals surface area (Å²) in [7, 11) is 4.14. The van der Waals surface area contributed by atoms with Gasteiger partial charge in [-0.3, -0.25) is 0 Å². The minimum atomic E-state index is 0.328. The van der Waals surface area contributed by atoms with Crippen LogP contribution < -0.4 is 5.73 Å². The zero-order chi connectivity index (χ0) is 8.27. The van der Waals surface area contributed by atoms with Gasteiger partial charge in [0.2, 0.25) is 0 Å². The van der Waals surface area contributed by atoms with Crippen LogP contribution in [0.5, 0.6) is 0 Å². The van der Waals surface area contributed by atoms with E-state index in [0.29, 0.717) is 12.1 Å². The molecule has 0 aromatic carbocycles. The molecule has 2 N–H and O–H groups in total. The first-order valence-corrected chi connectivity index (χ1v) is 4.22. The van der Waals surface area contributed by atoms with E-state index in [0.717, 1.165) is 26.0 Å². The highest BCUT2D eigenvalue weighted by atomic mass is 16.5. The van der Waals surface area contributed by atoms with E-state index in [1.54, 1.807) is 0 Å². The molecular weight excluding hydrogens is 140 g/mol. The molecule has 0 aliphatic heterocycles. The minimum absolute atomic E-state index is 0.328. The Labute approximate surface area is 68.5 Å². The van der Waals surface area contributed by atoms with Gasteiger partial charge in [-0.15, -0.1) is 0 Å². The van der Waals surface area contributed by atoms with Crippen LogP contribution in [-0.4, -0.2) is 44.3 Å². The van der Waals surface area contributed by atoms with Gasteiger partial charge >= 0.3 is 0 Å². The molecular formula is C8H18N2O. The summed E-state index contributed by atoms with van der Waals surface area (Å²) in [5.41, 5.74) is 5.57. The Bertz CT molecular complexity index is 117. The maximum atomic E-state index is 5.57. The zero-order valence-corrected chi connectivity index (χ0v) is 7.42. The Morgan fingerprint density at radius 1 is 1.55 bits per heavy atom. The molecule has 0 saturated heterocycles. The third-order valence-electron chi connectivity index (χ3n) is 1.86. The van der Waals surface area contributed by atoms with E-state index in [9.17, 15) is 0 Å². The molecule has 3 heteroatoms. The summed E-state index contributed by atoms with van der Waals surface area (Å²) < 4.78 is 5.46. The SMILES string of the molecule is CN(C)CCCOC1CC1N. The van der Waals surface area contributed by atoms with Crippen LogP contribution in [0.3, 0.4) is 0 Å². The second-order valence-corrected chi connectivity index (χ2v) is 3.47. The Morgan fingerprint density at radius 2 is 2.18 bits per heavy atom. The average molecular weight is 158 g/mol. The van der Waals surface area contributed by atoms with E-state index in [-0.39, 0.29) is 0 Å². The lowest BCUT2D eigenvalue weighted by atomic mass is 10.4. The molecule has 0 heterocycles. The third kappa shape index (κ3) is 3.70. The molecule has 0 spiro atoms. The monoisotopic (exact) mass is 158 g/mol. The Kier molecular flexibility index (Phi) is 3.30. The van der Waals surface area contributed by atoms with Crippen LogP contribution in [0.2, 0.25) is 0 Å². The maximum Gasteiger partial charge on any atom is 0.0742 e. The topological polar surface area (TPSA) is 38.5 Å². The average Bonchev–Trinajstić information content (AvgIpc) is 2.59. The predicted octanol–water partition coefficient (Wildman–Crippen LogP) is 0.0543. The molecule has 0 radical (unpaired) electrons. The molecule has 1 aliphatic carbocycles. The Morgan fingerprint density at radius 3 is 2.64 bits per heavy atom. The second kappa shape index (κ2) is 4.04. The van der Waals surface area contributed by atoms with Crippen LogP contribution in [0, 0.1) is 0 Å². The van der Waals surface area contributed by atoms with Gasteiger partial charge in [-0.2, -0.15) is 0 Å². The van der Waals surface area contributed by atoms with E-state index >= 15 is 0 Å². The van der Waals surface area contributed by atoms with Crippen molar-refractivity contribution in [3.05, 3.63) is 0 Å². The summed E-state index contributed by atoms with van der Waals surface area (Å²) >= 11 is 0. The lowest BCUT2D eigenvalue weighted by molar-refractivity contribution is 0.108. The number of hydrogen-bond acceptors (Lipinski definition) is 3.